The van der Waals surface area contributed by atoms with E-state index in [-0.39, 0.29) is 23.8 Å². The summed E-state index contributed by atoms with van der Waals surface area (Å²) in [6.45, 7) is 3.66. The van der Waals surface area contributed by atoms with Crippen molar-refractivity contribution in [1.29, 1.82) is 0 Å². The van der Waals surface area contributed by atoms with Crippen LogP contribution in [0, 0.1) is 5.82 Å². The highest BCUT2D eigenvalue weighted by Crippen LogP contribution is 2.07. The van der Waals surface area contributed by atoms with Crippen LogP contribution in [0.15, 0.2) is 23.4 Å². The molecule has 0 bridgehead atoms. The number of nitrogens with zero attached hydrogens (tertiary/aromatic N) is 1. The molecule has 1 heterocycles. The molecule has 0 saturated heterocycles. The van der Waals surface area contributed by atoms with E-state index in [2.05, 4.69) is 15.0 Å². The van der Waals surface area contributed by atoms with Gasteiger partial charge in [0.1, 0.15) is 10.7 Å². The molecule has 0 aliphatic heterocycles. The number of sulfonamides is 1. The van der Waals surface area contributed by atoms with Crippen LogP contribution in [-0.4, -0.2) is 33.0 Å². The molecule has 8 heteroatoms. The summed E-state index contributed by atoms with van der Waals surface area (Å²) in [6, 6.07) is 0.939. The number of aromatic nitrogens is 1. The van der Waals surface area contributed by atoms with Crippen molar-refractivity contribution in [2.45, 2.75) is 18.2 Å². The lowest BCUT2D eigenvalue weighted by molar-refractivity contribution is 0.570. The Labute approximate surface area is 113 Å². The number of hydrogen-bond donors (Lipinski definition) is 2. The van der Waals surface area contributed by atoms with Gasteiger partial charge in [-0.05, 0) is 19.0 Å². The Kier molecular flexibility index (Phi) is 8.01. The van der Waals surface area contributed by atoms with Gasteiger partial charge in [0.05, 0.1) is 6.20 Å². The van der Waals surface area contributed by atoms with Gasteiger partial charge in [-0.25, -0.2) is 17.5 Å². The molecule has 0 amide bonds. The highest BCUT2D eigenvalue weighted by molar-refractivity contribution is 7.89. The van der Waals surface area contributed by atoms with Crippen molar-refractivity contribution in [2.24, 2.45) is 0 Å². The zero-order chi connectivity index (χ0) is 12.7. The van der Waals surface area contributed by atoms with Crippen LogP contribution in [0.4, 0.5) is 4.39 Å². The third-order valence-corrected chi connectivity index (χ3v) is 3.44. The number of halogens is 2. The first-order valence-corrected chi connectivity index (χ1v) is 6.85. The molecule has 18 heavy (non-hydrogen) atoms. The molecule has 0 fully saturated rings. The summed E-state index contributed by atoms with van der Waals surface area (Å²) in [5.41, 5.74) is 0. The van der Waals surface area contributed by atoms with Crippen molar-refractivity contribution in [1.82, 2.24) is 15.0 Å². The van der Waals surface area contributed by atoms with Gasteiger partial charge in [0.2, 0.25) is 10.0 Å². The predicted molar refractivity (Wildman–Crippen MR) is 69.8 cm³/mol. The minimum absolute atomic E-state index is 0. The Morgan fingerprint density at radius 1 is 1.28 bits per heavy atom. The Morgan fingerprint density at radius 3 is 2.61 bits per heavy atom. The summed E-state index contributed by atoms with van der Waals surface area (Å²) >= 11 is 0. The van der Waals surface area contributed by atoms with Crippen LogP contribution in [0.25, 0.3) is 0 Å². The molecule has 1 rings (SSSR count). The van der Waals surface area contributed by atoms with Gasteiger partial charge in [-0.15, -0.1) is 12.4 Å². The topological polar surface area (TPSA) is 71.1 Å². The van der Waals surface area contributed by atoms with E-state index in [4.69, 9.17) is 0 Å². The lowest BCUT2D eigenvalue weighted by Gasteiger charge is -2.06. The van der Waals surface area contributed by atoms with Crippen LogP contribution in [0.2, 0.25) is 0 Å². The SMILES string of the molecule is CCCNCCNS(=O)(=O)c1cncc(F)c1.Cl. The summed E-state index contributed by atoms with van der Waals surface area (Å²) in [4.78, 5) is 3.34. The van der Waals surface area contributed by atoms with Crippen LogP contribution in [0.1, 0.15) is 13.3 Å². The van der Waals surface area contributed by atoms with Crippen LogP contribution in [0.3, 0.4) is 0 Å². The fraction of sp³-hybridized carbons (Fsp3) is 0.500. The fourth-order valence-electron chi connectivity index (χ4n) is 1.20. The predicted octanol–water partition coefficient (Wildman–Crippen LogP) is 0.920. The minimum atomic E-state index is -3.66. The maximum atomic E-state index is 12.8. The van der Waals surface area contributed by atoms with Gasteiger partial charge < -0.3 is 5.32 Å². The lowest BCUT2D eigenvalue weighted by atomic mass is 10.5. The average molecular weight is 298 g/mol. The molecule has 0 spiro atoms. The molecule has 0 aliphatic carbocycles. The molecule has 0 saturated carbocycles. The summed E-state index contributed by atoms with van der Waals surface area (Å²) < 4.78 is 38.5. The van der Waals surface area contributed by atoms with E-state index in [9.17, 15) is 12.8 Å². The molecule has 0 aromatic carbocycles. The smallest absolute Gasteiger partial charge is 0.242 e. The number of pyridine rings is 1. The normalized spacial score (nSPS) is 11.0. The van der Waals surface area contributed by atoms with Gasteiger partial charge in [0.25, 0.3) is 0 Å². The molecule has 0 unspecified atom stereocenters. The molecule has 1 aromatic rings. The van der Waals surface area contributed by atoms with E-state index < -0.39 is 15.8 Å². The van der Waals surface area contributed by atoms with Crippen molar-refractivity contribution in [3.63, 3.8) is 0 Å². The number of nitrogens with one attached hydrogen (secondary N) is 2. The van der Waals surface area contributed by atoms with E-state index in [1.807, 2.05) is 6.92 Å². The molecular formula is C10H17ClFN3O2S. The zero-order valence-corrected chi connectivity index (χ0v) is 11.7. The summed E-state index contributed by atoms with van der Waals surface area (Å²) in [5, 5.41) is 3.05. The van der Waals surface area contributed by atoms with Crippen molar-refractivity contribution >= 4 is 22.4 Å². The molecule has 104 valence electrons. The van der Waals surface area contributed by atoms with E-state index in [0.29, 0.717) is 6.54 Å². The highest BCUT2D eigenvalue weighted by Gasteiger charge is 2.14. The van der Waals surface area contributed by atoms with Crippen LogP contribution < -0.4 is 10.0 Å². The molecule has 2 N–H and O–H groups in total. The van der Waals surface area contributed by atoms with Gasteiger partial charge in [0.15, 0.2) is 0 Å². The third-order valence-electron chi connectivity index (χ3n) is 2.01. The summed E-state index contributed by atoms with van der Waals surface area (Å²) in [7, 11) is -3.66. The van der Waals surface area contributed by atoms with Gasteiger partial charge in [-0.1, -0.05) is 6.92 Å². The Balaban J connectivity index is 0.00000289. The first-order chi connectivity index (χ1) is 8.06. The molecular weight excluding hydrogens is 281 g/mol. The Morgan fingerprint density at radius 2 is 2.00 bits per heavy atom. The minimum Gasteiger partial charge on any atom is -0.315 e. The van der Waals surface area contributed by atoms with Gasteiger partial charge in [-0.2, -0.15) is 0 Å². The third kappa shape index (κ3) is 5.72. The van der Waals surface area contributed by atoms with Gasteiger partial charge in [0, 0.05) is 19.3 Å². The van der Waals surface area contributed by atoms with Crippen molar-refractivity contribution in [2.75, 3.05) is 19.6 Å². The molecule has 0 atom stereocenters. The highest BCUT2D eigenvalue weighted by atomic mass is 35.5. The van der Waals surface area contributed by atoms with Crippen LogP contribution in [-0.2, 0) is 10.0 Å². The van der Waals surface area contributed by atoms with E-state index in [0.717, 1.165) is 31.4 Å². The first-order valence-electron chi connectivity index (χ1n) is 5.37. The number of rotatable bonds is 7. The zero-order valence-electron chi connectivity index (χ0n) is 10.0. The first kappa shape index (κ1) is 17.2. The largest absolute Gasteiger partial charge is 0.315 e. The summed E-state index contributed by atoms with van der Waals surface area (Å²) in [6.07, 6.45) is 3.06. The fourth-order valence-corrected chi connectivity index (χ4v) is 2.20. The second-order valence-corrected chi connectivity index (χ2v) is 5.25. The Hall–Kier alpha value is -0.760. The summed E-state index contributed by atoms with van der Waals surface area (Å²) in [5.74, 6) is -0.669. The van der Waals surface area contributed by atoms with Gasteiger partial charge in [-0.3, -0.25) is 4.98 Å². The van der Waals surface area contributed by atoms with Crippen molar-refractivity contribution < 1.29 is 12.8 Å². The van der Waals surface area contributed by atoms with Crippen LogP contribution >= 0.6 is 12.4 Å². The monoisotopic (exact) mass is 297 g/mol. The molecule has 0 aliphatic rings. The lowest BCUT2D eigenvalue weighted by Crippen LogP contribution is -2.32. The maximum absolute atomic E-state index is 12.8. The molecule has 0 radical (unpaired) electrons. The maximum Gasteiger partial charge on any atom is 0.242 e. The second kappa shape index (κ2) is 8.36. The van der Waals surface area contributed by atoms with Gasteiger partial charge >= 0.3 is 0 Å². The number of hydrogen-bond acceptors (Lipinski definition) is 4. The van der Waals surface area contributed by atoms with Crippen molar-refractivity contribution in [3.8, 4) is 0 Å². The second-order valence-electron chi connectivity index (χ2n) is 3.49. The molecule has 1 aromatic heterocycles. The van der Waals surface area contributed by atoms with Crippen LogP contribution in [0.5, 0.6) is 0 Å². The average Bonchev–Trinajstić information content (AvgIpc) is 2.29. The van der Waals surface area contributed by atoms with E-state index in [1.54, 1.807) is 0 Å². The standard InChI is InChI=1S/C10H16FN3O2S.ClH/c1-2-3-12-4-5-14-17(15,16)10-6-9(11)7-13-8-10;/h6-8,12,14H,2-5H2,1H3;1H. The quantitative estimate of drug-likeness (QED) is 0.734. The molecule has 5 nitrogen and oxygen atoms in total. The van der Waals surface area contributed by atoms with E-state index in [1.165, 1.54) is 0 Å². The van der Waals surface area contributed by atoms with E-state index >= 15 is 0 Å². The van der Waals surface area contributed by atoms with Crippen molar-refractivity contribution in [3.05, 3.63) is 24.3 Å². The Bertz CT molecular complexity index is 456.